The van der Waals surface area contributed by atoms with Crippen molar-refractivity contribution in [1.29, 1.82) is 0 Å². The fourth-order valence-electron chi connectivity index (χ4n) is 1.75. The van der Waals surface area contributed by atoms with Gasteiger partial charge in [-0.3, -0.25) is 4.79 Å². The molecule has 0 amide bonds. The average molecular weight is 329 g/mol. The highest BCUT2D eigenvalue weighted by molar-refractivity contribution is 7.89. The topological polar surface area (TPSA) is 110 Å². The highest BCUT2D eigenvalue weighted by atomic mass is 32.2. The minimum atomic E-state index is -3.81. The second-order valence-electron chi connectivity index (χ2n) is 4.60. The summed E-state index contributed by atoms with van der Waals surface area (Å²) >= 11 is 0. The van der Waals surface area contributed by atoms with E-state index in [1.54, 1.807) is 13.8 Å². The quantitative estimate of drug-likeness (QED) is 0.550. The Hall–Kier alpha value is -1.93. The fourth-order valence-corrected chi connectivity index (χ4v) is 3.10. The van der Waals surface area contributed by atoms with E-state index in [0.717, 1.165) is 0 Å². The number of benzene rings is 1. The lowest BCUT2D eigenvalue weighted by atomic mass is 10.1. The number of nitrogens with one attached hydrogen (secondary N) is 1. The summed E-state index contributed by atoms with van der Waals surface area (Å²) in [5.41, 5.74) is 0.636. The van der Waals surface area contributed by atoms with E-state index in [9.17, 15) is 18.0 Å². The highest BCUT2D eigenvalue weighted by Gasteiger charge is 2.19. The number of ether oxygens (including phenoxy) is 1. The molecule has 1 aromatic rings. The maximum Gasteiger partial charge on any atom is 0.338 e. The number of hydrogen-bond acceptors (Lipinski definition) is 5. The third kappa shape index (κ3) is 5.12. The van der Waals surface area contributed by atoms with Crippen molar-refractivity contribution < 1.29 is 27.9 Å². The van der Waals surface area contributed by atoms with Gasteiger partial charge in [0.15, 0.2) is 0 Å². The second kappa shape index (κ2) is 7.90. The Kier molecular flexibility index (Phi) is 6.51. The average Bonchev–Trinajstić information content (AvgIpc) is 2.44. The summed E-state index contributed by atoms with van der Waals surface area (Å²) in [7, 11) is -3.81. The van der Waals surface area contributed by atoms with E-state index in [4.69, 9.17) is 9.84 Å². The van der Waals surface area contributed by atoms with Gasteiger partial charge in [-0.1, -0.05) is 6.07 Å². The standard InChI is InChI=1S/C14H19NO6S/c1-3-21-14(18)11-7-6-10(2)12(9-11)22(19,20)15-8-4-5-13(16)17/h6-7,9,15H,3-5,8H2,1-2H3,(H,16,17). The Bertz CT molecular complexity index is 653. The monoisotopic (exact) mass is 329 g/mol. The van der Waals surface area contributed by atoms with Gasteiger partial charge in [-0.15, -0.1) is 0 Å². The molecule has 0 saturated heterocycles. The lowest BCUT2D eigenvalue weighted by Gasteiger charge is -2.10. The van der Waals surface area contributed by atoms with Crippen LogP contribution in [-0.4, -0.2) is 38.6 Å². The molecular weight excluding hydrogens is 310 g/mol. The highest BCUT2D eigenvalue weighted by Crippen LogP contribution is 2.17. The number of aliphatic carboxylic acids is 1. The second-order valence-corrected chi connectivity index (χ2v) is 6.33. The largest absolute Gasteiger partial charge is 0.481 e. The molecule has 1 aromatic carbocycles. The lowest BCUT2D eigenvalue weighted by molar-refractivity contribution is -0.137. The third-order valence-electron chi connectivity index (χ3n) is 2.85. The van der Waals surface area contributed by atoms with Gasteiger partial charge in [-0.05, 0) is 38.0 Å². The van der Waals surface area contributed by atoms with E-state index in [2.05, 4.69) is 4.72 Å². The molecule has 0 spiro atoms. The van der Waals surface area contributed by atoms with Crippen molar-refractivity contribution >= 4 is 22.0 Å². The maximum absolute atomic E-state index is 12.2. The number of carbonyl (C=O) groups excluding carboxylic acids is 1. The first-order chi connectivity index (χ1) is 10.3. The van der Waals surface area contributed by atoms with Crippen molar-refractivity contribution in [2.75, 3.05) is 13.2 Å². The van der Waals surface area contributed by atoms with Crippen LogP contribution in [0.3, 0.4) is 0 Å². The van der Waals surface area contributed by atoms with Gasteiger partial charge in [0.2, 0.25) is 10.0 Å². The Labute approximate surface area is 129 Å². The molecule has 0 aliphatic rings. The van der Waals surface area contributed by atoms with Crippen molar-refractivity contribution in [2.24, 2.45) is 0 Å². The Morgan fingerprint density at radius 2 is 2.00 bits per heavy atom. The summed E-state index contributed by atoms with van der Waals surface area (Å²) in [4.78, 5) is 22.0. The Morgan fingerprint density at radius 1 is 1.32 bits per heavy atom. The van der Waals surface area contributed by atoms with E-state index in [1.165, 1.54) is 18.2 Å². The minimum absolute atomic E-state index is 0.0116. The van der Waals surface area contributed by atoms with Crippen molar-refractivity contribution in [1.82, 2.24) is 4.72 Å². The summed E-state index contributed by atoms with van der Waals surface area (Å²) in [6, 6.07) is 4.28. The zero-order chi connectivity index (χ0) is 16.8. The zero-order valence-corrected chi connectivity index (χ0v) is 13.3. The number of sulfonamides is 1. The summed E-state index contributed by atoms with van der Waals surface area (Å²) < 4.78 is 31.6. The Morgan fingerprint density at radius 3 is 2.59 bits per heavy atom. The van der Waals surface area contributed by atoms with Gasteiger partial charge in [-0.2, -0.15) is 0 Å². The van der Waals surface area contributed by atoms with Crippen LogP contribution in [0, 0.1) is 6.92 Å². The number of rotatable bonds is 8. The van der Waals surface area contributed by atoms with E-state index in [1.807, 2.05) is 0 Å². The minimum Gasteiger partial charge on any atom is -0.481 e. The maximum atomic E-state index is 12.2. The molecule has 0 unspecified atom stereocenters. The van der Waals surface area contributed by atoms with Crippen LogP contribution in [0.15, 0.2) is 23.1 Å². The third-order valence-corrected chi connectivity index (χ3v) is 4.45. The molecule has 2 N–H and O–H groups in total. The molecule has 122 valence electrons. The first-order valence-electron chi connectivity index (χ1n) is 6.77. The SMILES string of the molecule is CCOC(=O)c1ccc(C)c(S(=O)(=O)NCCCC(=O)O)c1. The van der Waals surface area contributed by atoms with Gasteiger partial charge >= 0.3 is 11.9 Å². The van der Waals surface area contributed by atoms with Crippen molar-refractivity contribution in [3.05, 3.63) is 29.3 Å². The molecule has 0 bridgehead atoms. The van der Waals surface area contributed by atoms with Gasteiger partial charge in [-0.25, -0.2) is 17.9 Å². The number of hydrogen-bond donors (Lipinski definition) is 2. The molecule has 0 aromatic heterocycles. The first-order valence-corrected chi connectivity index (χ1v) is 8.25. The van der Waals surface area contributed by atoms with Gasteiger partial charge in [0.1, 0.15) is 0 Å². The molecule has 0 heterocycles. The van der Waals surface area contributed by atoms with Crippen molar-refractivity contribution in [3.8, 4) is 0 Å². The zero-order valence-electron chi connectivity index (χ0n) is 12.5. The van der Waals surface area contributed by atoms with E-state index < -0.39 is 22.0 Å². The number of esters is 1. The number of carbonyl (C=O) groups is 2. The molecule has 0 saturated carbocycles. The van der Waals surface area contributed by atoms with E-state index in [0.29, 0.717) is 5.56 Å². The van der Waals surface area contributed by atoms with Crippen LogP contribution in [0.1, 0.15) is 35.7 Å². The van der Waals surface area contributed by atoms with Crippen LogP contribution in [0.2, 0.25) is 0 Å². The van der Waals surface area contributed by atoms with Crippen molar-refractivity contribution in [2.45, 2.75) is 31.6 Å². The van der Waals surface area contributed by atoms with Gasteiger partial charge in [0.05, 0.1) is 17.1 Å². The lowest BCUT2D eigenvalue weighted by Crippen LogP contribution is -2.26. The normalized spacial score (nSPS) is 11.2. The number of carboxylic acid groups (broad SMARTS) is 1. The number of aryl methyl sites for hydroxylation is 1. The molecule has 0 aliphatic carbocycles. The molecule has 0 radical (unpaired) electrons. The van der Waals surface area contributed by atoms with Crippen LogP contribution < -0.4 is 4.72 Å². The van der Waals surface area contributed by atoms with Crippen LogP contribution in [0.25, 0.3) is 0 Å². The van der Waals surface area contributed by atoms with Crippen LogP contribution >= 0.6 is 0 Å². The summed E-state index contributed by atoms with van der Waals surface area (Å²) in [6.07, 6.45) is 0.0650. The van der Waals surface area contributed by atoms with Crippen LogP contribution in [-0.2, 0) is 19.6 Å². The Balaban J connectivity index is 2.91. The summed E-state index contributed by atoms with van der Waals surface area (Å²) in [5, 5.41) is 8.52. The molecule has 22 heavy (non-hydrogen) atoms. The van der Waals surface area contributed by atoms with E-state index in [-0.39, 0.29) is 36.5 Å². The molecule has 0 fully saturated rings. The smallest absolute Gasteiger partial charge is 0.338 e. The first kappa shape index (κ1) is 18.1. The molecule has 0 atom stereocenters. The van der Waals surface area contributed by atoms with Gasteiger partial charge in [0.25, 0.3) is 0 Å². The predicted molar refractivity (Wildman–Crippen MR) is 79.2 cm³/mol. The van der Waals surface area contributed by atoms with Gasteiger partial charge < -0.3 is 9.84 Å². The molecule has 8 heteroatoms. The van der Waals surface area contributed by atoms with Crippen LogP contribution in [0.4, 0.5) is 0 Å². The van der Waals surface area contributed by atoms with Crippen LogP contribution in [0.5, 0.6) is 0 Å². The van der Waals surface area contributed by atoms with Crippen molar-refractivity contribution in [3.63, 3.8) is 0 Å². The van der Waals surface area contributed by atoms with E-state index >= 15 is 0 Å². The summed E-state index contributed by atoms with van der Waals surface area (Å²) in [6.45, 7) is 3.48. The molecular formula is C14H19NO6S. The fraction of sp³-hybridized carbons (Fsp3) is 0.429. The number of carboxylic acids is 1. The predicted octanol–water partition coefficient (Wildman–Crippen LogP) is 1.31. The molecule has 7 nitrogen and oxygen atoms in total. The van der Waals surface area contributed by atoms with Gasteiger partial charge in [0, 0.05) is 13.0 Å². The summed E-state index contributed by atoms with van der Waals surface area (Å²) in [5.74, 6) is -1.58. The molecule has 0 aliphatic heterocycles. The molecule has 1 rings (SSSR count).